The fourth-order valence-corrected chi connectivity index (χ4v) is 5.26. The van der Waals surface area contributed by atoms with E-state index in [2.05, 4.69) is 24.3 Å². The molecule has 1 aliphatic heterocycles. The van der Waals surface area contributed by atoms with Crippen molar-refractivity contribution in [3.8, 4) is 5.75 Å². The van der Waals surface area contributed by atoms with Gasteiger partial charge in [0.15, 0.2) is 0 Å². The Labute approximate surface area is 208 Å². The van der Waals surface area contributed by atoms with E-state index < -0.39 is 10.0 Å². The van der Waals surface area contributed by atoms with Crippen LogP contribution in [0.2, 0.25) is 0 Å². The molecule has 6 nitrogen and oxygen atoms in total. The van der Waals surface area contributed by atoms with Gasteiger partial charge < -0.3 is 9.64 Å². The van der Waals surface area contributed by atoms with E-state index in [-0.39, 0.29) is 12.5 Å². The van der Waals surface area contributed by atoms with Gasteiger partial charge in [0.1, 0.15) is 18.9 Å². The van der Waals surface area contributed by atoms with Crippen LogP contribution in [0.25, 0.3) is 0 Å². The lowest BCUT2D eigenvalue weighted by atomic mass is 9.90. The maximum Gasteiger partial charge on any atom is 0.243 e. The first-order chi connectivity index (χ1) is 16.9. The molecule has 0 bridgehead atoms. The Kier molecular flexibility index (Phi) is 8.08. The molecule has 0 spiro atoms. The van der Waals surface area contributed by atoms with E-state index in [1.54, 1.807) is 29.2 Å². The summed E-state index contributed by atoms with van der Waals surface area (Å²) in [5.41, 5.74) is 2.82. The average molecular weight is 493 g/mol. The summed E-state index contributed by atoms with van der Waals surface area (Å²) in [5, 5.41) is 0. The second-order valence-electron chi connectivity index (χ2n) is 9.05. The standard InChI is InChI=1S/C28H32N2O4S/c1-35(32,33)30(26-12-14-27(15-13-26)34-22-25-10-6-3-7-11-25)21-28(31)29-18-16-24(17-19-29)20-23-8-4-2-5-9-23/h2-15,24H,16-22H2,1H3. The lowest BCUT2D eigenvalue weighted by Crippen LogP contribution is -2.45. The second kappa shape index (κ2) is 11.4. The first-order valence-corrected chi connectivity index (χ1v) is 13.8. The smallest absolute Gasteiger partial charge is 0.243 e. The van der Waals surface area contributed by atoms with Crippen LogP contribution < -0.4 is 9.04 Å². The van der Waals surface area contributed by atoms with Crippen molar-refractivity contribution in [2.24, 2.45) is 5.92 Å². The van der Waals surface area contributed by atoms with Crippen molar-refractivity contribution in [2.45, 2.75) is 25.9 Å². The summed E-state index contributed by atoms with van der Waals surface area (Å²) >= 11 is 0. The van der Waals surface area contributed by atoms with E-state index in [9.17, 15) is 13.2 Å². The highest BCUT2D eigenvalue weighted by molar-refractivity contribution is 7.92. The number of piperidine rings is 1. The van der Waals surface area contributed by atoms with Crippen molar-refractivity contribution in [3.63, 3.8) is 0 Å². The Balaban J connectivity index is 1.33. The molecule has 0 aromatic heterocycles. The van der Waals surface area contributed by atoms with Gasteiger partial charge in [-0.1, -0.05) is 60.7 Å². The van der Waals surface area contributed by atoms with E-state index >= 15 is 0 Å². The molecule has 1 aliphatic rings. The molecule has 0 saturated carbocycles. The fourth-order valence-electron chi connectivity index (χ4n) is 4.41. The van der Waals surface area contributed by atoms with Crippen LogP contribution >= 0.6 is 0 Å². The number of hydrogen-bond acceptors (Lipinski definition) is 4. The molecule has 1 fully saturated rings. The fraction of sp³-hybridized carbons (Fsp3) is 0.321. The topological polar surface area (TPSA) is 66.9 Å². The normalized spacial score (nSPS) is 14.5. The molecule has 0 radical (unpaired) electrons. The third-order valence-electron chi connectivity index (χ3n) is 6.39. The Hall–Kier alpha value is -3.32. The Morgan fingerprint density at radius 1 is 0.886 bits per heavy atom. The molecule has 0 aliphatic carbocycles. The molecule has 7 heteroatoms. The summed E-state index contributed by atoms with van der Waals surface area (Å²) in [7, 11) is -3.63. The minimum atomic E-state index is -3.63. The number of nitrogens with zero attached hydrogens (tertiary/aromatic N) is 2. The number of carbonyl (C=O) groups excluding carboxylic acids is 1. The minimum Gasteiger partial charge on any atom is -0.489 e. The highest BCUT2D eigenvalue weighted by Crippen LogP contribution is 2.25. The van der Waals surface area contributed by atoms with Crippen molar-refractivity contribution in [3.05, 3.63) is 96.1 Å². The molecular weight excluding hydrogens is 460 g/mol. The number of amides is 1. The molecule has 1 heterocycles. The molecular formula is C28H32N2O4S. The van der Waals surface area contributed by atoms with Gasteiger partial charge in [-0.3, -0.25) is 9.10 Å². The Morgan fingerprint density at radius 2 is 1.46 bits per heavy atom. The van der Waals surface area contributed by atoms with E-state index in [1.807, 2.05) is 36.4 Å². The molecule has 0 atom stereocenters. The number of benzene rings is 3. The lowest BCUT2D eigenvalue weighted by molar-refractivity contribution is -0.130. The van der Waals surface area contributed by atoms with Gasteiger partial charge in [0.05, 0.1) is 11.9 Å². The van der Waals surface area contributed by atoms with Crippen molar-refractivity contribution >= 4 is 21.6 Å². The van der Waals surface area contributed by atoms with Crippen molar-refractivity contribution in [1.82, 2.24) is 4.90 Å². The zero-order valence-electron chi connectivity index (χ0n) is 20.0. The van der Waals surface area contributed by atoms with E-state index in [0.717, 1.165) is 31.1 Å². The maximum atomic E-state index is 13.0. The molecule has 1 amide bonds. The predicted octanol–water partition coefficient (Wildman–Crippen LogP) is 4.51. The number of hydrogen-bond donors (Lipinski definition) is 0. The molecule has 3 aromatic carbocycles. The van der Waals surface area contributed by atoms with Crippen molar-refractivity contribution in [2.75, 3.05) is 30.2 Å². The zero-order chi connectivity index (χ0) is 24.7. The number of anilines is 1. The zero-order valence-corrected chi connectivity index (χ0v) is 20.9. The highest BCUT2D eigenvalue weighted by atomic mass is 32.2. The third kappa shape index (κ3) is 7.09. The van der Waals surface area contributed by atoms with Crippen LogP contribution in [0.5, 0.6) is 5.75 Å². The van der Waals surface area contributed by atoms with Gasteiger partial charge in [0.25, 0.3) is 0 Å². The summed E-state index contributed by atoms with van der Waals surface area (Å²) in [6.07, 6.45) is 3.99. The van der Waals surface area contributed by atoms with Gasteiger partial charge in [0.2, 0.25) is 15.9 Å². The minimum absolute atomic E-state index is 0.169. The summed E-state index contributed by atoms with van der Waals surface area (Å²) in [5.74, 6) is 1.01. The van der Waals surface area contributed by atoms with Gasteiger partial charge >= 0.3 is 0 Å². The summed E-state index contributed by atoms with van der Waals surface area (Å²) < 4.78 is 32.0. The summed E-state index contributed by atoms with van der Waals surface area (Å²) in [6.45, 7) is 1.53. The second-order valence-corrected chi connectivity index (χ2v) is 11.0. The van der Waals surface area contributed by atoms with Gasteiger partial charge in [0, 0.05) is 13.1 Å². The van der Waals surface area contributed by atoms with Crippen molar-refractivity contribution < 1.29 is 17.9 Å². The molecule has 35 heavy (non-hydrogen) atoms. The van der Waals surface area contributed by atoms with Crippen LogP contribution in [0.4, 0.5) is 5.69 Å². The number of ether oxygens (including phenoxy) is 1. The van der Waals surface area contributed by atoms with Crippen LogP contribution in [0, 0.1) is 5.92 Å². The molecule has 1 saturated heterocycles. The average Bonchev–Trinajstić information content (AvgIpc) is 2.87. The summed E-state index contributed by atoms with van der Waals surface area (Å²) in [4.78, 5) is 14.8. The molecule has 0 N–H and O–H groups in total. The summed E-state index contributed by atoms with van der Waals surface area (Å²) in [6, 6.07) is 27.0. The van der Waals surface area contributed by atoms with Crippen LogP contribution in [0.15, 0.2) is 84.9 Å². The largest absolute Gasteiger partial charge is 0.489 e. The number of rotatable bonds is 9. The third-order valence-corrected chi connectivity index (χ3v) is 7.53. The Bertz CT molecular complexity index is 1190. The van der Waals surface area contributed by atoms with Crippen molar-refractivity contribution in [1.29, 1.82) is 0 Å². The molecule has 3 aromatic rings. The van der Waals surface area contributed by atoms with E-state index in [4.69, 9.17) is 4.74 Å². The Morgan fingerprint density at radius 3 is 2.03 bits per heavy atom. The number of carbonyl (C=O) groups is 1. The van der Waals surface area contributed by atoms with Crippen LogP contribution in [0.3, 0.4) is 0 Å². The molecule has 4 rings (SSSR count). The molecule has 0 unspecified atom stereocenters. The SMILES string of the molecule is CS(=O)(=O)N(CC(=O)N1CCC(Cc2ccccc2)CC1)c1ccc(OCc2ccccc2)cc1. The van der Waals surface area contributed by atoms with Crippen LogP contribution in [-0.4, -0.2) is 45.1 Å². The maximum absolute atomic E-state index is 13.0. The predicted molar refractivity (Wildman–Crippen MR) is 139 cm³/mol. The number of sulfonamides is 1. The van der Waals surface area contributed by atoms with E-state index in [0.29, 0.717) is 37.1 Å². The van der Waals surface area contributed by atoms with Gasteiger partial charge in [-0.05, 0) is 60.6 Å². The first kappa shape index (κ1) is 24.8. The monoisotopic (exact) mass is 492 g/mol. The quantitative estimate of drug-likeness (QED) is 0.441. The van der Waals surface area contributed by atoms with E-state index in [1.165, 1.54) is 9.87 Å². The van der Waals surface area contributed by atoms with Gasteiger partial charge in [-0.15, -0.1) is 0 Å². The van der Waals surface area contributed by atoms with Gasteiger partial charge in [-0.2, -0.15) is 0 Å². The van der Waals surface area contributed by atoms with Gasteiger partial charge in [-0.25, -0.2) is 8.42 Å². The lowest BCUT2D eigenvalue weighted by Gasteiger charge is -2.33. The van der Waals surface area contributed by atoms with Crippen LogP contribution in [-0.2, 0) is 27.8 Å². The molecule has 184 valence electrons. The highest BCUT2D eigenvalue weighted by Gasteiger charge is 2.27. The van der Waals surface area contributed by atoms with Crippen LogP contribution in [0.1, 0.15) is 24.0 Å². The first-order valence-electron chi connectivity index (χ1n) is 11.9. The number of likely N-dealkylation sites (tertiary alicyclic amines) is 1.